The number of nitrogens with zero attached hydrogens (tertiary/aromatic N) is 2. The standard InChI is InChI=1S/C15H12N2O2.2C2H6/c18-14-11-15(19)17(13-9-5-2-6-10-13)16(14)12-7-3-1-4-8-12;2*1-2/h1-10H,11H2;2*1-2H3. The van der Waals surface area contributed by atoms with Crippen molar-refractivity contribution in [2.24, 2.45) is 0 Å². The highest BCUT2D eigenvalue weighted by molar-refractivity contribution is 6.20. The molecule has 0 N–H and O–H groups in total. The largest absolute Gasteiger partial charge is 0.272 e. The van der Waals surface area contributed by atoms with Crippen molar-refractivity contribution in [3.05, 3.63) is 60.7 Å². The Hall–Kier alpha value is -2.62. The van der Waals surface area contributed by atoms with Gasteiger partial charge >= 0.3 is 0 Å². The number of rotatable bonds is 2. The molecule has 0 aliphatic carbocycles. The van der Waals surface area contributed by atoms with Crippen LogP contribution >= 0.6 is 0 Å². The molecule has 0 saturated carbocycles. The molecule has 3 rings (SSSR count). The summed E-state index contributed by atoms with van der Waals surface area (Å²) in [5.41, 5.74) is 1.39. The summed E-state index contributed by atoms with van der Waals surface area (Å²) < 4.78 is 0. The Morgan fingerprint density at radius 1 is 0.609 bits per heavy atom. The predicted octanol–water partition coefficient (Wildman–Crippen LogP) is 4.42. The predicted molar refractivity (Wildman–Crippen MR) is 95.2 cm³/mol. The molecule has 0 unspecified atom stereocenters. The molecule has 0 bridgehead atoms. The molecule has 0 spiro atoms. The van der Waals surface area contributed by atoms with Crippen LogP contribution in [0.25, 0.3) is 0 Å². The number of hydrazine groups is 1. The number of para-hydroxylation sites is 2. The van der Waals surface area contributed by atoms with Crippen LogP contribution in [0.3, 0.4) is 0 Å². The van der Waals surface area contributed by atoms with Gasteiger partial charge in [-0.1, -0.05) is 64.1 Å². The summed E-state index contributed by atoms with van der Waals surface area (Å²) >= 11 is 0. The minimum atomic E-state index is -0.208. The molecule has 1 saturated heterocycles. The van der Waals surface area contributed by atoms with Gasteiger partial charge in [-0.15, -0.1) is 0 Å². The number of carbonyl (C=O) groups excluding carboxylic acids is 2. The molecule has 1 aliphatic heterocycles. The Morgan fingerprint density at radius 3 is 1.22 bits per heavy atom. The first-order valence-electron chi connectivity index (χ1n) is 8.03. The molecule has 4 heteroatoms. The molecule has 2 amide bonds. The van der Waals surface area contributed by atoms with Gasteiger partial charge in [0.15, 0.2) is 0 Å². The highest BCUT2D eigenvalue weighted by Gasteiger charge is 2.37. The molecule has 0 radical (unpaired) electrons. The quantitative estimate of drug-likeness (QED) is 0.770. The van der Waals surface area contributed by atoms with Gasteiger partial charge in [0.1, 0.15) is 6.42 Å². The zero-order valence-corrected chi connectivity index (χ0v) is 14.2. The number of hydrogen-bond donors (Lipinski definition) is 0. The lowest BCUT2D eigenvalue weighted by Gasteiger charge is -2.27. The lowest BCUT2D eigenvalue weighted by Crippen LogP contribution is -2.41. The normalized spacial score (nSPS) is 13.0. The van der Waals surface area contributed by atoms with Crippen molar-refractivity contribution in [1.29, 1.82) is 0 Å². The van der Waals surface area contributed by atoms with Crippen LogP contribution < -0.4 is 10.0 Å². The van der Waals surface area contributed by atoms with Gasteiger partial charge in [0.2, 0.25) is 0 Å². The summed E-state index contributed by atoms with van der Waals surface area (Å²) in [5, 5.41) is 2.86. The molecule has 122 valence electrons. The van der Waals surface area contributed by atoms with Gasteiger partial charge in [-0.2, -0.15) is 0 Å². The van der Waals surface area contributed by atoms with Crippen LogP contribution in [0.15, 0.2) is 60.7 Å². The topological polar surface area (TPSA) is 40.6 Å². The molecule has 1 heterocycles. The Morgan fingerprint density at radius 2 is 0.913 bits per heavy atom. The second-order valence-electron chi connectivity index (χ2n) is 4.26. The van der Waals surface area contributed by atoms with E-state index in [1.807, 2.05) is 88.4 Å². The van der Waals surface area contributed by atoms with E-state index in [1.54, 1.807) is 0 Å². The van der Waals surface area contributed by atoms with Crippen LogP contribution in [0.2, 0.25) is 0 Å². The van der Waals surface area contributed by atoms with Gasteiger partial charge in [0, 0.05) is 0 Å². The number of hydrogen-bond acceptors (Lipinski definition) is 2. The van der Waals surface area contributed by atoms with E-state index in [9.17, 15) is 9.59 Å². The van der Waals surface area contributed by atoms with E-state index >= 15 is 0 Å². The summed E-state index contributed by atoms with van der Waals surface area (Å²) in [5.74, 6) is -0.417. The van der Waals surface area contributed by atoms with E-state index in [2.05, 4.69) is 0 Å². The Labute approximate surface area is 138 Å². The van der Waals surface area contributed by atoms with E-state index in [4.69, 9.17) is 0 Å². The zero-order chi connectivity index (χ0) is 17.2. The first-order chi connectivity index (χ1) is 11.3. The fraction of sp³-hybridized carbons (Fsp3) is 0.263. The van der Waals surface area contributed by atoms with Crippen LogP contribution in [0.1, 0.15) is 34.1 Å². The lowest BCUT2D eigenvalue weighted by atomic mass is 10.3. The van der Waals surface area contributed by atoms with E-state index in [1.165, 1.54) is 10.0 Å². The number of benzene rings is 2. The summed E-state index contributed by atoms with van der Waals surface area (Å²) in [6.45, 7) is 8.00. The van der Waals surface area contributed by atoms with E-state index in [0.717, 1.165) is 0 Å². The number of anilines is 2. The minimum Gasteiger partial charge on any atom is -0.272 e. The molecule has 1 aliphatic rings. The Bertz CT molecular complexity index is 556. The first kappa shape index (κ1) is 18.4. The van der Waals surface area contributed by atoms with Gasteiger partial charge < -0.3 is 0 Å². The fourth-order valence-electron chi connectivity index (χ4n) is 2.16. The monoisotopic (exact) mass is 312 g/mol. The smallest absolute Gasteiger partial charge is 0.255 e. The molecule has 4 nitrogen and oxygen atoms in total. The van der Waals surface area contributed by atoms with Crippen molar-refractivity contribution in [1.82, 2.24) is 0 Å². The maximum atomic E-state index is 12.0. The summed E-state index contributed by atoms with van der Waals surface area (Å²) in [6.07, 6.45) is -0.0935. The highest BCUT2D eigenvalue weighted by atomic mass is 16.2. The Balaban J connectivity index is 0.000000615. The maximum absolute atomic E-state index is 12.0. The van der Waals surface area contributed by atoms with Gasteiger partial charge in [-0.3, -0.25) is 9.59 Å². The van der Waals surface area contributed by atoms with Crippen molar-refractivity contribution in [2.75, 3.05) is 10.0 Å². The van der Waals surface area contributed by atoms with Crippen LogP contribution in [-0.2, 0) is 9.59 Å². The van der Waals surface area contributed by atoms with Crippen molar-refractivity contribution >= 4 is 23.2 Å². The molecule has 0 aromatic heterocycles. The van der Waals surface area contributed by atoms with Crippen LogP contribution in [0, 0.1) is 0 Å². The van der Waals surface area contributed by atoms with E-state index < -0.39 is 0 Å². The lowest BCUT2D eigenvalue weighted by molar-refractivity contribution is -0.121. The SMILES string of the molecule is CC.CC.O=C1CC(=O)N(c2ccccc2)N1c1ccccc1. The van der Waals surface area contributed by atoms with E-state index in [0.29, 0.717) is 11.4 Å². The van der Waals surface area contributed by atoms with Crippen molar-refractivity contribution in [3.8, 4) is 0 Å². The highest BCUT2D eigenvalue weighted by Crippen LogP contribution is 2.28. The summed E-state index contributed by atoms with van der Waals surface area (Å²) in [7, 11) is 0. The average molecular weight is 312 g/mol. The Kier molecular flexibility index (Phi) is 7.54. The third-order valence-electron chi connectivity index (χ3n) is 2.98. The van der Waals surface area contributed by atoms with Gasteiger partial charge in [0.05, 0.1) is 11.4 Å². The van der Waals surface area contributed by atoms with Crippen LogP contribution in [0.4, 0.5) is 11.4 Å². The van der Waals surface area contributed by atoms with Crippen molar-refractivity contribution < 1.29 is 9.59 Å². The first-order valence-corrected chi connectivity index (χ1v) is 8.03. The molecule has 2 aromatic rings. The van der Waals surface area contributed by atoms with Crippen molar-refractivity contribution in [3.63, 3.8) is 0 Å². The second kappa shape index (κ2) is 9.41. The fourth-order valence-corrected chi connectivity index (χ4v) is 2.16. The van der Waals surface area contributed by atoms with Gasteiger partial charge in [-0.05, 0) is 24.3 Å². The second-order valence-corrected chi connectivity index (χ2v) is 4.26. The molecular weight excluding hydrogens is 288 g/mol. The summed E-state index contributed by atoms with van der Waals surface area (Å²) in [4.78, 5) is 24.1. The molecule has 23 heavy (non-hydrogen) atoms. The van der Waals surface area contributed by atoms with E-state index in [-0.39, 0.29) is 18.2 Å². The van der Waals surface area contributed by atoms with Crippen LogP contribution in [0.5, 0.6) is 0 Å². The number of amides is 2. The molecular formula is C19H24N2O2. The minimum absolute atomic E-state index is 0.0935. The van der Waals surface area contributed by atoms with Crippen molar-refractivity contribution in [2.45, 2.75) is 34.1 Å². The third kappa shape index (κ3) is 4.19. The average Bonchev–Trinajstić information content (AvgIpc) is 2.94. The zero-order valence-electron chi connectivity index (χ0n) is 14.2. The van der Waals surface area contributed by atoms with Crippen LogP contribution in [-0.4, -0.2) is 11.8 Å². The summed E-state index contributed by atoms with van der Waals surface area (Å²) in [6, 6.07) is 18.4. The van der Waals surface area contributed by atoms with Gasteiger partial charge in [0.25, 0.3) is 11.8 Å². The third-order valence-corrected chi connectivity index (χ3v) is 2.98. The number of carbonyl (C=O) groups is 2. The maximum Gasteiger partial charge on any atom is 0.255 e. The van der Waals surface area contributed by atoms with Gasteiger partial charge in [-0.25, -0.2) is 10.0 Å². The molecule has 2 aromatic carbocycles. The molecule has 1 fully saturated rings. The molecule has 0 atom stereocenters.